The number of halogens is 1. The molecule has 18 heavy (non-hydrogen) atoms. The number of anilines is 1. The van der Waals surface area contributed by atoms with E-state index < -0.39 is 0 Å². The first-order valence-electron chi connectivity index (χ1n) is 6.57. The third kappa shape index (κ3) is 2.94. The number of aromatic nitrogens is 2. The zero-order valence-electron chi connectivity index (χ0n) is 10.9. The molecule has 0 spiro atoms. The van der Waals surface area contributed by atoms with E-state index in [4.69, 9.17) is 0 Å². The van der Waals surface area contributed by atoms with E-state index in [2.05, 4.69) is 44.6 Å². The fourth-order valence-electron chi connectivity index (χ4n) is 2.59. The first-order chi connectivity index (χ1) is 8.59. The van der Waals surface area contributed by atoms with Crippen LogP contribution >= 0.6 is 15.9 Å². The molecule has 2 heterocycles. The molecule has 5 heteroatoms. The summed E-state index contributed by atoms with van der Waals surface area (Å²) in [5, 5.41) is 0. The van der Waals surface area contributed by atoms with Crippen molar-refractivity contribution >= 4 is 21.7 Å². The van der Waals surface area contributed by atoms with Crippen LogP contribution in [0.3, 0.4) is 0 Å². The van der Waals surface area contributed by atoms with Gasteiger partial charge < -0.3 is 9.88 Å². The molecule has 2 rings (SSSR count). The number of aromatic amines is 1. The highest BCUT2D eigenvalue weighted by Gasteiger charge is 2.21. The lowest BCUT2D eigenvalue weighted by Crippen LogP contribution is -2.28. The van der Waals surface area contributed by atoms with Gasteiger partial charge in [-0.2, -0.15) is 0 Å². The van der Waals surface area contributed by atoms with E-state index in [0.717, 1.165) is 30.7 Å². The quantitative estimate of drug-likeness (QED) is 0.913. The Kier molecular flexibility index (Phi) is 4.43. The highest BCUT2D eigenvalue weighted by molar-refractivity contribution is 9.10. The molecule has 1 unspecified atom stereocenters. The second-order valence-electron chi connectivity index (χ2n) is 5.29. The second kappa shape index (κ2) is 5.87. The fourth-order valence-corrected chi connectivity index (χ4v) is 3.06. The highest BCUT2D eigenvalue weighted by atomic mass is 79.9. The summed E-state index contributed by atoms with van der Waals surface area (Å²) in [4.78, 5) is 20.7. The average Bonchev–Trinajstić information content (AvgIpc) is 2.58. The number of H-pyrrole nitrogens is 1. The summed E-state index contributed by atoms with van der Waals surface area (Å²) in [6, 6.07) is 0. The van der Waals surface area contributed by atoms with Gasteiger partial charge in [0.25, 0.3) is 5.56 Å². The molecule has 0 bridgehead atoms. The van der Waals surface area contributed by atoms with Crippen molar-refractivity contribution in [2.24, 2.45) is 11.8 Å². The van der Waals surface area contributed by atoms with Crippen LogP contribution in [0.15, 0.2) is 15.6 Å². The van der Waals surface area contributed by atoms with Crippen molar-refractivity contribution in [2.45, 2.75) is 33.1 Å². The van der Waals surface area contributed by atoms with Crippen molar-refractivity contribution < 1.29 is 0 Å². The zero-order chi connectivity index (χ0) is 13.1. The Morgan fingerprint density at radius 3 is 2.94 bits per heavy atom. The maximum absolute atomic E-state index is 11.6. The number of nitrogens with zero attached hydrogens (tertiary/aromatic N) is 2. The van der Waals surface area contributed by atoms with Crippen LogP contribution in [0.25, 0.3) is 0 Å². The Labute approximate surface area is 116 Å². The maximum Gasteiger partial charge on any atom is 0.267 e. The van der Waals surface area contributed by atoms with Crippen LogP contribution in [0, 0.1) is 11.8 Å². The van der Waals surface area contributed by atoms with Crippen LogP contribution in [0.5, 0.6) is 0 Å². The summed E-state index contributed by atoms with van der Waals surface area (Å²) >= 11 is 3.34. The first kappa shape index (κ1) is 13.6. The van der Waals surface area contributed by atoms with Gasteiger partial charge in [-0.1, -0.05) is 13.8 Å². The molecule has 100 valence electrons. The lowest BCUT2D eigenvalue weighted by atomic mass is 9.89. The average molecular weight is 314 g/mol. The number of hydrogen-bond donors (Lipinski definition) is 1. The molecule has 1 aromatic rings. The van der Waals surface area contributed by atoms with E-state index in [1.807, 2.05) is 0 Å². The molecule has 0 aliphatic carbocycles. The Balaban J connectivity index is 2.15. The van der Waals surface area contributed by atoms with Gasteiger partial charge in [-0.05, 0) is 47.0 Å². The molecule has 0 saturated carbocycles. The molecule has 0 amide bonds. The summed E-state index contributed by atoms with van der Waals surface area (Å²) < 4.78 is 0.549. The zero-order valence-corrected chi connectivity index (χ0v) is 12.5. The molecule has 1 atom stereocenters. The Morgan fingerprint density at radius 2 is 2.22 bits per heavy atom. The van der Waals surface area contributed by atoms with Crippen LogP contribution in [0.1, 0.15) is 33.1 Å². The van der Waals surface area contributed by atoms with Gasteiger partial charge in [0, 0.05) is 13.1 Å². The number of hydrogen-bond acceptors (Lipinski definition) is 3. The van der Waals surface area contributed by atoms with Gasteiger partial charge >= 0.3 is 0 Å². The SMILES string of the molecule is CC(C)C1CCCN(c2nc[nH]c(=O)c2Br)CC1. The third-order valence-electron chi connectivity index (χ3n) is 3.79. The lowest BCUT2D eigenvalue weighted by molar-refractivity contribution is 0.351. The van der Waals surface area contributed by atoms with Crippen molar-refractivity contribution in [2.75, 3.05) is 18.0 Å². The Hall–Kier alpha value is -0.840. The largest absolute Gasteiger partial charge is 0.355 e. The minimum Gasteiger partial charge on any atom is -0.355 e. The predicted octanol–water partition coefficient (Wildman–Crippen LogP) is 2.79. The molecular weight excluding hydrogens is 294 g/mol. The van der Waals surface area contributed by atoms with Gasteiger partial charge in [0.2, 0.25) is 0 Å². The van der Waals surface area contributed by atoms with Gasteiger partial charge in [-0.3, -0.25) is 4.79 Å². The second-order valence-corrected chi connectivity index (χ2v) is 6.08. The summed E-state index contributed by atoms with van der Waals surface area (Å²) in [7, 11) is 0. The number of rotatable bonds is 2. The van der Waals surface area contributed by atoms with Gasteiger partial charge in [-0.25, -0.2) is 4.98 Å². The van der Waals surface area contributed by atoms with E-state index in [-0.39, 0.29) is 5.56 Å². The molecular formula is C13H20BrN3O. The molecule has 1 N–H and O–H groups in total. The standard InChI is InChI=1S/C13H20BrN3O/c1-9(2)10-4-3-6-17(7-5-10)12-11(14)13(18)16-8-15-12/h8-10H,3-7H2,1-2H3,(H,15,16,18). The van der Waals surface area contributed by atoms with Crippen molar-refractivity contribution in [3.05, 3.63) is 21.2 Å². The molecule has 1 aromatic heterocycles. The van der Waals surface area contributed by atoms with E-state index >= 15 is 0 Å². The van der Waals surface area contributed by atoms with E-state index in [9.17, 15) is 4.79 Å². The van der Waals surface area contributed by atoms with Gasteiger partial charge in [0.05, 0.1) is 6.33 Å². The predicted molar refractivity (Wildman–Crippen MR) is 76.9 cm³/mol. The van der Waals surface area contributed by atoms with E-state index in [1.54, 1.807) is 0 Å². The van der Waals surface area contributed by atoms with Crippen LogP contribution in [-0.2, 0) is 0 Å². The van der Waals surface area contributed by atoms with E-state index in [1.165, 1.54) is 25.6 Å². The number of nitrogens with one attached hydrogen (secondary N) is 1. The van der Waals surface area contributed by atoms with Crippen molar-refractivity contribution in [1.82, 2.24) is 9.97 Å². The first-order valence-corrected chi connectivity index (χ1v) is 7.37. The Morgan fingerprint density at radius 1 is 1.44 bits per heavy atom. The minimum atomic E-state index is -0.107. The molecule has 1 aliphatic heterocycles. The maximum atomic E-state index is 11.6. The monoisotopic (exact) mass is 313 g/mol. The molecule has 1 aliphatic rings. The normalized spacial score (nSPS) is 21.1. The summed E-state index contributed by atoms with van der Waals surface area (Å²) in [5.74, 6) is 2.31. The van der Waals surface area contributed by atoms with Crippen LogP contribution < -0.4 is 10.5 Å². The highest BCUT2D eigenvalue weighted by Crippen LogP contribution is 2.28. The molecule has 0 radical (unpaired) electrons. The van der Waals surface area contributed by atoms with Crippen LogP contribution in [0.4, 0.5) is 5.82 Å². The van der Waals surface area contributed by atoms with Gasteiger partial charge in [0.1, 0.15) is 10.3 Å². The minimum absolute atomic E-state index is 0.107. The third-order valence-corrected chi connectivity index (χ3v) is 4.51. The van der Waals surface area contributed by atoms with Crippen molar-refractivity contribution in [3.63, 3.8) is 0 Å². The Bertz CT molecular complexity index is 458. The smallest absolute Gasteiger partial charge is 0.267 e. The molecule has 1 saturated heterocycles. The summed E-state index contributed by atoms with van der Waals surface area (Å²) in [6.07, 6.45) is 5.10. The molecule has 0 aromatic carbocycles. The topological polar surface area (TPSA) is 49.0 Å². The molecule has 4 nitrogen and oxygen atoms in total. The van der Waals surface area contributed by atoms with E-state index in [0.29, 0.717) is 4.47 Å². The lowest BCUT2D eigenvalue weighted by Gasteiger charge is -2.22. The van der Waals surface area contributed by atoms with Crippen LogP contribution in [-0.4, -0.2) is 23.1 Å². The van der Waals surface area contributed by atoms with Crippen LogP contribution in [0.2, 0.25) is 0 Å². The van der Waals surface area contributed by atoms with Crippen molar-refractivity contribution in [3.8, 4) is 0 Å². The fraction of sp³-hybridized carbons (Fsp3) is 0.692. The van der Waals surface area contributed by atoms with Gasteiger partial charge in [0.15, 0.2) is 0 Å². The summed E-state index contributed by atoms with van der Waals surface area (Å²) in [6.45, 7) is 6.56. The molecule has 1 fully saturated rings. The van der Waals surface area contributed by atoms with Crippen molar-refractivity contribution in [1.29, 1.82) is 0 Å². The summed E-state index contributed by atoms with van der Waals surface area (Å²) in [5.41, 5.74) is -0.107. The van der Waals surface area contributed by atoms with Gasteiger partial charge in [-0.15, -0.1) is 0 Å².